The summed E-state index contributed by atoms with van der Waals surface area (Å²) in [6.07, 6.45) is 0. The Hall–Kier alpha value is -6.94. The molecule has 0 radical (unpaired) electrons. The molecule has 0 saturated heterocycles. The number of hydrogen-bond acceptors (Lipinski definition) is 5. The highest BCUT2D eigenvalue weighted by atomic mass is 28.3. The number of hydrogen-bond donors (Lipinski definition) is 0. The molecule has 11 rings (SSSR count). The molecule has 6 nitrogen and oxygen atoms in total. The van der Waals surface area contributed by atoms with Crippen molar-refractivity contribution in [1.29, 1.82) is 0 Å². The van der Waals surface area contributed by atoms with Gasteiger partial charge in [-0.2, -0.15) is 4.80 Å². The van der Waals surface area contributed by atoms with E-state index in [1.165, 1.54) is 54.8 Å². The Morgan fingerprint density at radius 2 is 0.875 bits per heavy atom. The molecule has 72 heavy (non-hydrogen) atoms. The fraction of sp³-hybridized carbons (Fsp3) is 0.238. The van der Waals surface area contributed by atoms with Gasteiger partial charge in [-0.1, -0.05) is 164 Å². The zero-order valence-electron chi connectivity index (χ0n) is 44.4. The number of nitrogens with zero attached hydrogens (tertiary/aromatic N) is 6. The van der Waals surface area contributed by atoms with E-state index in [1.807, 2.05) is 18.2 Å². The van der Waals surface area contributed by atoms with Crippen molar-refractivity contribution in [2.24, 2.45) is 0 Å². The highest BCUT2D eigenvalue weighted by Gasteiger charge is 2.44. The van der Waals surface area contributed by atoms with E-state index in [0.717, 1.165) is 56.5 Å². The van der Waals surface area contributed by atoms with Crippen LogP contribution in [0, 0.1) is 6.92 Å². The summed E-state index contributed by atoms with van der Waals surface area (Å²) in [4.78, 5) is 9.29. The lowest BCUT2D eigenvalue weighted by molar-refractivity contribution is 0.590. The van der Waals surface area contributed by atoms with E-state index in [2.05, 4.69) is 254 Å². The Kier molecular flexibility index (Phi) is 11.3. The summed E-state index contributed by atoms with van der Waals surface area (Å²) >= 11 is 0. The minimum Gasteiger partial charge on any atom is -0.311 e. The van der Waals surface area contributed by atoms with Gasteiger partial charge in [0.25, 0.3) is 6.71 Å². The maximum atomic E-state index is 5.18. The molecule has 0 bridgehead atoms. The van der Waals surface area contributed by atoms with E-state index in [1.54, 1.807) is 4.80 Å². The van der Waals surface area contributed by atoms with Gasteiger partial charge in [0.1, 0.15) is 11.0 Å². The van der Waals surface area contributed by atoms with Crippen LogP contribution in [0.1, 0.15) is 58.2 Å². The highest BCUT2D eigenvalue weighted by molar-refractivity contribution is 7.00. The molecule has 360 valence electrons. The summed E-state index contributed by atoms with van der Waals surface area (Å²) in [5.74, 6) is 0. The van der Waals surface area contributed by atoms with E-state index in [-0.39, 0.29) is 17.5 Å². The fourth-order valence-corrected chi connectivity index (χ4v) is 13.1. The predicted octanol–water partition coefficient (Wildman–Crippen LogP) is 14.0. The summed E-state index contributed by atoms with van der Waals surface area (Å²) < 4.78 is 0. The van der Waals surface area contributed by atoms with Crippen molar-refractivity contribution in [3.05, 3.63) is 187 Å². The minimum atomic E-state index is -1.59. The number of fused-ring (bicyclic) bond motifs is 5. The third-order valence-corrected chi connectivity index (χ3v) is 19.0. The average Bonchev–Trinajstić information content (AvgIpc) is 3.76. The molecule has 0 N–H and O–H groups in total. The van der Waals surface area contributed by atoms with Crippen molar-refractivity contribution >= 4 is 112 Å². The average molecular weight is 975 g/mol. The molecule has 3 heterocycles. The Labute approximate surface area is 430 Å². The topological polar surface area (TPSA) is 40.4 Å². The van der Waals surface area contributed by atoms with Gasteiger partial charge in [-0.15, -0.1) is 10.2 Å². The first-order valence-electron chi connectivity index (χ1n) is 25.7. The van der Waals surface area contributed by atoms with Crippen molar-refractivity contribution in [1.82, 2.24) is 15.0 Å². The van der Waals surface area contributed by atoms with Crippen molar-refractivity contribution in [2.45, 2.75) is 98.6 Å². The second-order valence-electron chi connectivity index (χ2n) is 24.3. The molecule has 9 aromatic rings. The zero-order valence-corrected chi connectivity index (χ0v) is 46.4. The monoisotopic (exact) mass is 975 g/mol. The van der Waals surface area contributed by atoms with Gasteiger partial charge in [0.15, 0.2) is 0 Å². The molecule has 1 aromatic heterocycles. The van der Waals surface area contributed by atoms with E-state index >= 15 is 0 Å². The SMILES string of the molecule is Cc1cc2c3c(c1)N(c1ccc([Si](C)(C)C)cc1)c1cc4nn(-c5ccccc5)nc4cc1B3c1ccc(N(c3ccc(C(C)(C)C)cc3)c3ccc(C(C)(C)C)cc3)cc1N2c1ccc([Si](C)(C)C)cc1. The first kappa shape index (κ1) is 47.4. The van der Waals surface area contributed by atoms with Gasteiger partial charge >= 0.3 is 0 Å². The molecule has 2 aliphatic rings. The van der Waals surface area contributed by atoms with Crippen molar-refractivity contribution in [3.8, 4) is 5.69 Å². The normalized spacial score (nSPS) is 13.5. The van der Waals surface area contributed by atoms with Gasteiger partial charge in [-0.25, -0.2) is 0 Å². The number of anilines is 9. The maximum absolute atomic E-state index is 5.18. The molecule has 0 fully saturated rings. The summed E-state index contributed by atoms with van der Waals surface area (Å²) in [5.41, 5.74) is 20.6. The van der Waals surface area contributed by atoms with Crippen LogP contribution in [0.2, 0.25) is 39.3 Å². The second kappa shape index (κ2) is 17.1. The number of aryl methyl sites for hydroxylation is 1. The van der Waals surface area contributed by atoms with Gasteiger partial charge in [-0.05, 0) is 148 Å². The van der Waals surface area contributed by atoms with Crippen molar-refractivity contribution < 1.29 is 0 Å². The van der Waals surface area contributed by atoms with Gasteiger partial charge in [-0.3, -0.25) is 0 Å². The van der Waals surface area contributed by atoms with Crippen LogP contribution in [0.15, 0.2) is 170 Å². The van der Waals surface area contributed by atoms with Crippen LogP contribution in [0.25, 0.3) is 16.7 Å². The number of rotatable bonds is 8. The lowest BCUT2D eigenvalue weighted by atomic mass is 9.33. The standard InChI is InChI=1S/C63H67BN6Si2/c1-42-37-59-61-60(38-42)69(48-29-34-52(35-30-48)72(11,12)13)58-41-56-55(65-70(66-56)49-17-15-14-16-18-49)40-54(58)64(61)53-36-31-50(39-57(53)68(59)47-27-32-51(33-28-47)71(8,9)10)67(45-23-19-43(20-24-45)62(2,3)4)46-25-21-44(22-26-46)63(5,6)7/h14-41H,1-13H3. The predicted molar refractivity (Wildman–Crippen MR) is 316 cm³/mol. The quantitative estimate of drug-likeness (QED) is 0.142. The van der Waals surface area contributed by atoms with Gasteiger partial charge in [0.05, 0.1) is 21.8 Å². The van der Waals surface area contributed by atoms with E-state index in [0.29, 0.717) is 0 Å². The molecule has 0 saturated carbocycles. The van der Waals surface area contributed by atoms with E-state index in [9.17, 15) is 0 Å². The zero-order chi connectivity index (χ0) is 50.6. The maximum Gasteiger partial charge on any atom is 0.252 e. The third-order valence-electron chi connectivity index (χ3n) is 14.9. The molecule has 8 aromatic carbocycles. The Morgan fingerprint density at radius 3 is 1.33 bits per heavy atom. The number of benzene rings is 8. The van der Waals surface area contributed by atoms with Crippen LogP contribution < -0.4 is 41.5 Å². The van der Waals surface area contributed by atoms with Gasteiger partial charge in [0.2, 0.25) is 0 Å². The third kappa shape index (κ3) is 8.40. The molecule has 2 aliphatic heterocycles. The van der Waals surface area contributed by atoms with Crippen molar-refractivity contribution in [3.63, 3.8) is 0 Å². The lowest BCUT2D eigenvalue weighted by Gasteiger charge is -2.44. The van der Waals surface area contributed by atoms with Crippen molar-refractivity contribution in [2.75, 3.05) is 14.7 Å². The summed E-state index contributed by atoms with van der Waals surface area (Å²) in [5, 5.41) is 13.2. The molecule has 0 atom stereocenters. The van der Waals surface area contributed by atoms with Crippen LogP contribution in [0.5, 0.6) is 0 Å². The molecule has 0 spiro atoms. The molecule has 0 amide bonds. The van der Waals surface area contributed by atoms with Gasteiger partial charge in [0, 0.05) is 51.2 Å². The summed E-state index contributed by atoms with van der Waals surface area (Å²) in [6.45, 7) is 30.4. The largest absolute Gasteiger partial charge is 0.311 e. The van der Waals surface area contributed by atoms with Crippen LogP contribution in [-0.4, -0.2) is 37.9 Å². The van der Waals surface area contributed by atoms with Gasteiger partial charge < -0.3 is 14.7 Å². The van der Waals surface area contributed by atoms with Crippen LogP contribution in [0.3, 0.4) is 0 Å². The van der Waals surface area contributed by atoms with E-state index in [4.69, 9.17) is 10.2 Å². The molecular formula is C63H67BN6Si2. The Bertz CT molecular complexity index is 3450. The minimum absolute atomic E-state index is 0.0318. The number of aromatic nitrogens is 3. The van der Waals surface area contributed by atoms with Crippen LogP contribution in [-0.2, 0) is 10.8 Å². The first-order valence-corrected chi connectivity index (χ1v) is 32.7. The van der Waals surface area contributed by atoms with Crippen LogP contribution >= 0.6 is 0 Å². The second-order valence-corrected chi connectivity index (χ2v) is 34.5. The fourth-order valence-electron chi connectivity index (χ4n) is 10.8. The summed E-state index contributed by atoms with van der Waals surface area (Å²) in [6, 6.07) is 64.2. The molecular weight excluding hydrogens is 908 g/mol. The molecule has 9 heteroatoms. The molecule has 0 aliphatic carbocycles. The first-order chi connectivity index (χ1) is 34.1. The van der Waals surface area contributed by atoms with Crippen LogP contribution in [0.4, 0.5) is 51.2 Å². The highest BCUT2D eigenvalue weighted by Crippen LogP contribution is 2.47. The lowest BCUT2D eigenvalue weighted by Crippen LogP contribution is -2.61. The number of para-hydroxylation sites is 1. The summed E-state index contributed by atoms with van der Waals surface area (Å²) in [7, 11) is -3.16. The Morgan fingerprint density at radius 1 is 0.431 bits per heavy atom. The molecule has 0 unspecified atom stereocenters. The van der Waals surface area contributed by atoms with E-state index < -0.39 is 16.1 Å². The Balaban J connectivity index is 1.18. The smallest absolute Gasteiger partial charge is 0.252 e.